The highest BCUT2D eigenvalue weighted by Crippen LogP contribution is 2.26. The lowest BCUT2D eigenvalue weighted by Crippen LogP contribution is -2.11. The van der Waals surface area contributed by atoms with E-state index in [2.05, 4.69) is 9.97 Å². The highest BCUT2D eigenvalue weighted by atomic mass is 32.2. The number of aromatic nitrogens is 2. The Balaban J connectivity index is 2.23. The fourth-order valence-electron chi connectivity index (χ4n) is 1.82. The lowest BCUT2D eigenvalue weighted by molar-refractivity contribution is 0.411. The number of methoxy groups -OCH3 is 1. The third-order valence-corrected chi connectivity index (χ3v) is 3.73. The van der Waals surface area contributed by atoms with Gasteiger partial charge in [-0.25, -0.2) is 4.98 Å². The molecule has 0 saturated carbocycles. The van der Waals surface area contributed by atoms with Gasteiger partial charge < -0.3 is 15.5 Å². The Morgan fingerprint density at radius 3 is 2.86 bits per heavy atom. The monoisotopic (exact) mass is 304 g/mol. The van der Waals surface area contributed by atoms with Crippen LogP contribution in [-0.4, -0.2) is 22.9 Å². The van der Waals surface area contributed by atoms with Crippen molar-refractivity contribution in [2.45, 2.75) is 17.8 Å². The summed E-state index contributed by atoms with van der Waals surface area (Å²) in [5.41, 5.74) is 7.52. The summed E-state index contributed by atoms with van der Waals surface area (Å²) >= 11 is 1.39. The predicted molar refractivity (Wildman–Crippen MR) is 83.2 cm³/mol. The van der Waals surface area contributed by atoms with Crippen LogP contribution < -0.4 is 16.0 Å². The maximum atomic E-state index is 11.4. The van der Waals surface area contributed by atoms with Crippen molar-refractivity contribution >= 4 is 17.6 Å². The first-order valence-electron chi connectivity index (χ1n) is 6.21. The van der Waals surface area contributed by atoms with Crippen LogP contribution in [0.1, 0.15) is 16.8 Å². The standard InChI is InChI=1S/C14H16N4O2S/c1-8-5-12(19)18-14(17-8)21-7-10-6-9(13(15)16)3-4-11(10)20-2/h3-6H,7H2,1-2H3,(H3,15,16)(H,17,18,19). The maximum Gasteiger partial charge on any atom is 0.251 e. The van der Waals surface area contributed by atoms with Crippen molar-refractivity contribution < 1.29 is 4.74 Å². The Morgan fingerprint density at radius 2 is 2.24 bits per heavy atom. The number of H-pyrrole nitrogens is 1. The molecule has 0 spiro atoms. The van der Waals surface area contributed by atoms with Gasteiger partial charge in [0.1, 0.15) is 11.6 Å². The zero-order chi connectivity index (χ0) is 15.4. The second kappa shape index (κ2) is 6.45. The van der Waals surface area contributed by atoms with Crippen molar-refractivity contribution in [1.29, 1.82) is 5.41 Å². The molecular weight excluding hydrogens is 288 g/mol. The molecule has 0 aliphatic carbocycles. The molecule has 0 saturated heterocycles. The van der Waals surface area contributed by atoms with Crippen LogP contribution in [0.2, 0.25) is 0 Å². The Labute approximate surface area is 126 Å². The number of thioether (sulfide) groups is 1. The number of aryl methyl sites for hydroxylation is 1. The van der Waals surface area contributed by atoms with E-state index in [1.807, 2.05) is 6.07 Å². The Morgan fingerprint density at radius 1 is 1.48 bits per heavy atom. The third-order valence-electron chi connectivity index (χ3n) is 2.80. The molecule has 1 aromatic heterocycles. The number of nitrogens with one attached hydrogen (secondary N) is 2. The molecule has 21 heavy (non-hydrogen) atoms. The molecule has 0 amide bonds. The lowest BCUT2D eigenvalue weighted by atomic mass is 10.1. The van der Waals surface area contributed by atoms with Gasteiger partial charge in [0.2, 0.25) is 0 Å². The van der Waals surface area contributed by atoms with Crippen LogP contribution in [0.15, 0.2) is 34.2 Å². The number of amidine groups is 1. The summed E-state index contributed by atoms with van der Waals surface area (Å²) in [6, 6.07) is 6.77. The average molecular weight is 304 g/mol. The van der Waals surface area contributed by atoms with E-state index in [1.54, 1.807) is 26.2 Å². The number of benzene rings is 1. The quantitative estimate of drug-likeness (QED) is 0.337. The molecule has 0 aliphatic heterocycles. The molecule has 0 aliphatic rings. The van der Waals surface area contributed by atoms with E-state index in [4.69, 9.17) is 15.9 Å². The summed E-state index contributed by atoms with van der Waals surface area (Å²) in [6.07, 6.45) is 0. The Kier molecular flexibility index (Phi) is 4.64. The minimum Gasteiger partial charge on any atom is -0.496 e. The largest absolute Gasteiger partial charge is 0.496 e. The van der Waals surface area contributed by atoms with Crippen molar-refractivity contribution in [3.8, 4) is 5.75 Å². The molecule has 0 atom stereocenters. The van der Waals surface area contributed by atoms with Crippen molar-refractivity contribution in [1.82, 2.24) is 9.97 Å². The van der Waals surface area contributed by atoms with E-state index in [-0.39, 0.29) is 11.4 Å². The normalized spacial score (nSPS) is 10.4. The number of ether oxygens (including phenoxy) is 1. The van der Waals surface area contributed by atoms with Gasteiger partial charge in [-0.15, -0.1) is 0 Å². The number of nitrogen functional groups attached to an aromatic ring is 1. The fourth-order valence-corrected chi connectivity index (χ4v) is 2.72. The van der Waals surface area contributed by atoms with Gasteiger partial charge in [0, 0.05) is 28.6 Å². The SMILES string of the molecule is COc1ccc(C(=N)N)cc1CSc1nc(C)cc(=O)[nH]1. The maximum absolute atomic E-state index is 11.4. The summed E-state index contributed by atoms with van der Waals surface area (Å²) in [4.78, 5) is 18.4. The molecule has 2 aromatic rings. The molecule has 1 aromatic carbocycles. The number of nitrogens with zero attached hydrogens (tertiary/aromatic N) is 1. The molecule has 0 bridgehead atoms. The first-order chi connectivity index (χ1) is 9.99. The minimum absolute atomic E-state index is 0.00555. The Hall–Kier alpha value is -2.28. The van der Waals surface area contributed by atoms with Crippen LogP contribution in [0.4, 0.5) is 0 Å². The van der Waals surface area contributed by atoms with Crippen molar-refractivity contribution in [3.63, 3.8) is 0 Å². The van der Waals surface area contributed by atoms with Gasteiger partial charge in [0.05, 0.1) is 7.11 Å². The van der Waals surface area contributed by atoms with Crippen molar-refractivity contribution in [2.75, 3.05) is 7.11 Å². The van der Waals surface area contributed by atoms with E-state index in [1.165, 1.54) is 17.8 Å². The number of nitrogens with two attached hydrogens (primary N) is 1. The molecule has 110 valence electrons. The molecule has 2 rings (SSSR count). The van der Waals surface area contributed by atoms with Gasteiger partial charge in [0.25, 0.3) is 5.56 Å². The Bertz CT molecular complexity index is 727. The van der Waals surface area contributed by atoms with Crippen LogP contribution in [0.25, 0.3) is 0 Å². The average Bonchev–Trinajstić information content (AvgIpc) is 2.43. The minimum atomic E-state index is -0.172. The van der Waals surface area contributed by atoms with Gasteiger partial charge in [0.15, 0.2) is 5.16 Å². The molecule has 0 fully saturated rings. The number of aromatic amines is 1. The van der Waals surface area contributed by atoms with E-state index in [9.17, 15) is 4.79 Å². The van der Waals surface area contributed by atoms with E-state index in [0.29, 0.717) is 27.9 Å². The van der Waals surface area contributed by atoms with Gasteiger partial charge in [-0.3, -0.25) is 10.2 Å². The summed E-state index contributed by atoms with van der Waals surface area (Å²) in [7, 11) is 1.59. The molecule has 0 radical (unpaired) electrons. The van der Waals surface area contributed by atoms with E-state index in [0.717, 1.165) is 5.56 Å². The molecular formula is C14H16N4O2S. The summed E-state index contributed by atoms with van der Waals surface area (Å²) in [5, 5.41) is 8.03. The van der Waals surface area contributed by atoms with Crippen LogP contribution in [0.3, 0.4) is 0 Å². The zero-order valence-electron chi connectivity index (χ0n) is 11.8. The smallest absolute Gasteiger partial charge is 0.251 e. The summed E-state index contributed by atoms with van der Waals surface area (Å²) in [6.45, 7) is 1.77. The van der Waals surface area contributed by atoms with Gasteiger partial charge in [-0.05, 0) is 25.1 Å². The number of hydrogen-bond donors (Lipinski definition) is 3. The topological polar surface area (TPSA) is 105 Å². The molecule has 7 heteroatoms. The number of hydrogen-bond acceptors (Lipinski definition) is 5. The van der Waals surface area contributed by atoms with E-state index < -0.39 is 0 Å². The van der Waals surface area contributed by atoms with Crippen molar-refractivity contribution in [2.24, 2.45) is 5.73 Å². The van der Waals surface area contributed by atoms with Crippen LogP contribution in [0.5, 0.6) is 5.75 Å². The number of rotatable bonds is 5. The van der Waals surface area contributed by atoms with Crippen LogP contribution in [0, 0.1) is 12.3 Å². The highest BCUT2D eigenvalue weighted by Gasteiger charge is 2.08. The first-order valence-corrected chi connectivity index (χ1v) is 7.20. The first kappa shape index (κ1) is 15.1. The van der Waals surface area contributed by atoms with Gasteiger partial charge >= 0.3 is 0 Å². The predicted octanol–water partition coefficient (Wildman–Crippen LogP) is 1.66. The second-order valence-electron chi connectivity index (χ2n) is 4.42. The molecule has 1 heterocycles. The van der Waals surface area contributed by atoms with Crippen LogP contribution >= 0.6 is 11.8 Å². The second-order valence-corrected chi connectivity index (χ2v) is 5.38. The van der Waals surface area contributed by atoms with Gasteiger partial charge in [-0.2, -0.15) is 0 Å². The van der Waals surface area contributed by atoms with Crippen LogP contribution in [-0.2, 0) is 5.75 Å². The highest BCUT2D eigenvalue weighted by molar-refractivity contribution is 7.98. The molecule has 4 N–H and O–H groups in total. The lowest BCUT2D eigenvalue weighted by Gasteiger charge is -2.10. The fraction of sp³-hybridized carbons (Fsp3) is 0.214. The third kappa shape index (κ3) is 3.85. The molecule has 6 nitrogen and oxygen atoms in total. The zero-order valence-corrected chi connectivity index (χ0v) is 12.6. The summed E-state index contributed by atoms with van der Waals surface area (Å²) < 4.78 is 5.30. The summed E-state index contributed by atoms with van der Waals surface area (Å²) in [5.74, 6) is 1.27. The van der Waals surface area contributed by atoms with E-state index >= 15 is 0 Å². The molecule has 0 unspecified atom stereocenters. The van der Waals surface area contributed by atoms with Gasteiger partial charge in [-0.1, -0.05) is 11.8 Å². The van der Waals surface area contributed by atoms with Crippen molar-refractivity contribution in [3.05, 3.63) is 51.4 Å².